The Morgan fingerprint density at radius 3 is 1.78 bits per heavy atom. The lowest BCUT2D eigenvalue weighted by Gasteiger charge is -2.37. The van der Waals surface area contributed by atoms with E-state index in [1.807, 2.05) is 73.9 Å². The highest BCUT2D eigenvalue weighted by atomic mass is 16.5. The molecule has 2 aromatic carbocycles. The van der Waals surface area contributed by atoms with Gasteiger partial charge in [-0.15, -0.1) is 0 Å². The van der Waals surface area contributed by atoms with Crippen LogP contribution in [0.4, 0.5) is 44.5 Å². The first-order valence-electron chi connectivity index (χ1n) is 23.7. The lowest BCUT2D eigenvalue weighted by atomic mass is 10.0. The van der Waals surface area contributed by atoms with Crippen LogP contribution in [-0.2, 0) is 41.8 Å². The summed E-state index contributed by atoms with van der Waals surface area (Å²) < 4.78 is 11.4. The highest BCUT2D eigenvalue weighted by molar-refractivity contribution is 5.90. The molecule has 1 unspecified atom stereocenters. The van der Waals surface area contributed by atoms with Crippen molar-refractivity contribution in [3.8, 4) is 22.8 Å². The number of nitrogens with zero attached hydrogens (tertiary/aromatic N) is 12. The van der Waals surface area contributed by atoms with Crippen LogP contribution in [0.1, 0.15) is 41.9 Å². The van der Waals surface area contributed by atoms with Crippen molar-refractivity contribution in [3.05, 3.63) is 107 Å². The van der Waals surface area contributed by atoms with Gasteiger partial charge in [-0.2, -0.15) is 0 Å². The monoisotopic (exact) mass is 932 g/mol. The van der Waals surface area contributed by atoms with Gasteiger partial charge in [0, 0.05) is 104 Å². The summed E-state index contributed by atoms with van der Waals surface area (Å²) in [5.74, 6) is 4.43. The second-order valence-corrected chi connectivity index (χ2v) is 17.4. The van der Waals surface area contributed by atoms with Gasteiger partial charge in [0.15, 0.2) is 11.6 Å². The second kappa shape index (κ2) is 20.7. The minimum absolute atomic E-state index is 0.164. The van der Waals surface area contributed by atoms with Crippen molar-refractivity contribution in [2.45, 2.75) is 52.2 Å². The number of nitrogens with one attached hydrogen (secondary N) is 4. The number of anilines is 6. The van der Waals surface area contributed by atoms with E-state index in [1.165, 1.54) is 0 Å². The lowest BCUT2D eigenvalue weighted by Crippen LogP contribution is -2.45. The minimum Gasteiger partial charge on any atom is -0.378 e. The Labute approximate surface area is 400 Å². The average molecular weight is 933 g/mol. The Hall–Kier alpha value is -7.58. The zero-order valence-corrected chi connectivity index (χ0v) is 38.9. The number of urea groups is 2. The summed E-state index contributed by atoms with van der Waals surface area (Å²) in [6.07, 6.45) is 9.24. The molecule has 0 radical (unpaired) electrons. The van der Waals surface area contributed by atoms with E-state index in [0.717, 1.165) is 89.9 Å². The summed E-state index contributed by atoms with van der Waals surface area (Å²) in [7, 11) is 0. The molecule has 4 aromatic heterocycles. The van der Waals surface area contributed by atoms with Crippen LogP contribution in [0.15, 0.2) is 79.4 Å². The predicted molar refractivity (Wildman–Crippen MR) is 263 cm³/mol. The van der Waals surface area contributed by atoms with Crippen LogP contribution in [-0.4, -0.2) is 130 Å². The number of carbonyl (C=O) groups excluding carboxylic acids is 2. The molecule has 0 bridgehead atoms. The molecule has 4 N–H and O–H groups in total. The quantitative estimate of drug-likeness (QED) is 0.129. The molecule has 0 aliphatic carbocycles. The van der Waals surface area contributed by atoms with Crippen molar-refractivity contribution in [2.24, 2.45) is 0 Å². The van der Waals surface area contributed by atoms with Gasteiger partial charge in [0.05, 0.1) is 56.9 Å². The van der Waals surface area contributed by atoms with Crippen LogP contribution in [0.3, 0.4) is 0 Å². The number of benzene rings is 2. The van der Waals surface area contributed by atoms with E-state index in [0.29, 0.717) is 100 Å². The fraction of sp³-hybridized carbons (Fsp3) is 0.388. The highest BCUT2D eigenvalue weighted by Crippen LogP contribution is 2.34. The molecule has 20 nitrogen and oxygen atoms in total. The SMILES string of the molecule is CCNC(=O)Nc1ccc(-c2nc3c(c(N4CCOCC4C)n2)CCN(c2ncc(CCNC(=O)Nc4ccc(-c5nc6c(c(N7CCOCC7)n5)CCN(c5ncccn5)C6)cc4)cn2)C3)cc1. The third-order valence-electron chi connectivity index (χ3n) is 12.7. The summed E-state index contributed by atoms with van der Waals surface area (Å²) in [4.78, 5) is 72.9. The molecule has 20 heteroatoms. The fourth-order valence-electron chi connectivity index (χ4n) is 9.07. The van der Waals surface area contributed by atoms with E-state index in [-0.39, 0.29) is 18.1 Å². The number of morpholine rings is 2. The summed E-state index contributed by atoms with van der Waals surface area (Å²) >= 11 is 0. The van der Waals surface area contributed by atoms with Crippen molar-refractivity contribution in [1.29, 1.82) is 0 Å². The number of ether oxygens (including phenoxy) is 2. The first-order valence-corrected chi connectivity index (χ1v) is 23.7. The number of carbonyl (C=O) groups is 2. The van der Waals surface area contributed by atoms with E-state index in [9.17, 15) is 9.59 Å². The molecule has 2 fully saturated rings. The molecule has 10 rings (SSSR count). The van der Waals surface area contributed by atoms with Crippen LogP contribution in [0.5, 0.6) is 0 Å². The Balaban J connectivity index is 0.760. The van der Waals surface area contributed by atoms with Gasteiger partial charge in [0.2, 0.25) is 11.9 Å². The number of fused-ring (bicyclic) bond motifs is 2. The average Bonchev–Trinajstić information content (AvgIpc) is 3.39. The van der Waals surface area contributed by atoms with Gasteiger partial charge in [0.25, 0.3) is 0 Å². The van der Waals surface area contributed by atoms with Crippen molar-refractivity contribution in [1.82, 2.24) is 50.5 Å². The smallest absolute Gasteiger partial charge is 0.319 e. The van der Waals surface area contributed by atoms with Gasteiger partial charge in [-0.25, -0.2) is 49.5 Å². The standard InChI is InChI=1S/C49H56N16O4/c1-3-50-48(66)56-36-9-7-35(8-10-36)43-59-41-30-64(20-15-39(41)45(61-43)65-23-26-69-31-32(65)2)47-54-27-33(28-55-47)13-18-53-49(67)57-37-11-5-34(6-12-37)42-58-40-29-63(46-51-16-4-17-52-46)19-14-38(40)44(60-42)62-21-24-68-25-22-62/h4-12,16-17,27-28,32H,3,13-15,18-26,29-31H2,1-2H3,(H2,50,56,66)(H2,53,57,67). The summed E-state index contributed by atoms with van der Waals surface area (Å²) in [5, 5.41) is 11.5. The molecular formula is C49H56N16O4. The third-order valence-corrected chi connectivity index (χ3v) is 12.7. The Bertz CT molecular complexity index is 2740. The van der Waals surface area contributed by atoms with E-state index in [1.54, 1.807) is 12.4 Å². The molecule has 4 amide bonds. The van der Waals surface area contributed by atoms with Gasteiger partial charge in [-0.3, -0.25) is 0 Å². The molecule has 4 aliphatic rings. The molecule has 0 saturated carbocycles. The van der Waals surface area contributed by atoms with Crippen LogP contribution < -0.4 is 40.9 Å². The molecule has 356 valence electrons. The number of rotatable bonds is 12. The first-order chi connectivity index (χ1) is 33.8. The Morgan fingerprint density at radius 2 is 1.19 bits per heavy atom. The van der Waals surface area contributed by atoms with Crippen LogP contribution in [0.25, 0.3) is 22.8 Å². The number of amides is 4. The van der Waals surface area contributed by atoms with Gasteiger partial charge in [-0.05, 0) is 93.3 Å². The maximum atomic E-state index is 13.0. The lowest BCUT2D eigenvalue weighted by molar-refractivity contribution is 0.0984. The van der Waals surface area contributed by atoms with Gasteiger partial charge >= 0.3 is 12.1 Å². The van der Waals surface area contributed by atoms with E-state index in [2.05, 4.69) is 57.8 Å². The first kappa shape index (κ1) is 45.2. The van der Waals surface area contributed by atoms with Crippen molar-refractivity contribution < 1.29 is 19.1 Å². The number of hydrogen-bond acceptors (Lipinski definition) is 16. The Kier molecular flexibility index (Phi) is 13.6. The molecule has 6 aromatic rings. The Morgan fingerprint density at radius 1 is 0.638 bits per heavy atom. The summed E-state index contributed by atoms with van der Waals surface area (Å²) in [6, 6.07) is 16.6. The molecule has 4 aliphatic heterocycles. The molecule has 8 heterocycles. The van der Waals surface area contributed by atoms with Crippen molar-refractivity contribution in [3.63, 3.8) is 0 Å². The van der Waals surface area contributed by atoms with Gasteiger partial charge in [-0.1, -0.05) is 0 Å². The van der Waals surface area contributed by atoms with Crippen LogP contribution >= 0.6 is 0 Å². The molecule has 1 atom stereocenters. The van der Waals surface area contributed by atoms with Crippen molar-refractivity contribution >= 4 is 47.0 Å². The second-order valence-electron chi connectivity index (χ2n) is 17.4. The van der Waals surface area contributed by atoms with E-state index < -0.39 is 0 Å². The molecule has 69 heavy (non-hydrogen) atoms. The largest absolute Gasteiger partial charge is 0.378 e. The summed E-state index contributed by atoms with van der Waals surface area (Å²) in [5.41, 5.74) is 8.12. The van der Waals surface area contributed by atoms with E-state index >= 15 is 0 Å². The normalized spacial score (nSPS) is 16.9. The zero-order valence-electron chi connectivity index (χ0n) is 38.9. The summed E-state index contributed by atoms with van der Waals surface area (Å²) in [6.45, 7) is 12.4. The molecule has 0 spiro atoms. The zero-order chi connectivity index (χ0) is 47.1. The third kappa shape index (κ3) is 10.5. The molecular weight excluding hydrogens is 877 g/mol. The molecule has 2 saturated heterocycles. The number of hydrogen-bond donors (Lipinski definition) is 4. The van der Waals surface area contributed by atoms with Crippen molar-refractivity contribution in [2.75, 3.05) is 102 Å². The van der Waals surface area contributed by atoms with E-state index in [4.69, 9.17) is 39.4 Å². The maximum Gasteiger partial charge on any atom is 0.319 e. The minimum atomic E-state index is -0.311. The number of aromatic nitrogens is 8. The van der Waals surface area contributed by atoms with Gasteiger partial charge < -0.3 is 50.3 Å². The predicted octanol–water partition coefficient (Wildman–Crippen LogP) is 4.87. The van der Waals surface area contributed by atoms with Gasteiger partial charge in [0.1, 0.15) is 11.6 Å². The topological polar surface area (TPSA) is 217 Å². The fourth-order valence-corrected chi connectivity index (χ4v) is 9.07. The maximum absolute atomic E-state index is 13.0. The van der Waals surface area contributed by atoms with Crippen LogP contribution in [0, 0.1) is 0 Å². The van der Waals surface area contributed by atoms with Crippen LogP contribution in [0.2, 0.25) is 0 Å². The highest BCUT2D eigenvalue weighted by Gasteiger charge is 2.31.